The van der Waals surface area contributed by atoms with Gasteiger partial charge in [-0.25, -0.2) is 8.42 Å². The zero-order valence-corrected chi connectivity index (χ0v) is 7.96. The van der Waals surface area contributed by atoms with Gasteiger partial charge in [0.15, 0.2) is 11.1 Å². The Balaban J connectivity index is 0.000000310. The second-order valence-electron chi connectivity index (χ2n) is 1.78. The summed E-state index contributed by atoms with van der Waals surface area (Å²) in [6.45, 7) is 0. The number of benzene rings is 1. The molecule has 0 spiro atoms. The number of rotatable bonds is 1. The predicted octanol–water partition coefficient (Wildman–Crippen LogP) is 0.606. The van der Waals surface area contributed by atoms with Crippen molar-refractivity contribution in [3.8, 4) is 0 Å². The van der Waals surface area contributed by atoms with Crippen molar-refractivity contribution >= 4 is 22.4 Å². The van der Waals surface area contributed by atoms with E-state index in [-0.39, 0.29) is 0 Å². The van der Waals surface area contributed by atoms with Gasteiger partial charge in [0.25, 0.3) is 0 Å². The van der Waals surface area contributed by atoms with Crippen molar-refractivity contribution in [3.05, 3.63) is 30.3 Å². The van der Waals surface area contributed by atoms with E-state index in [0.717, 1.165) is 0 Å². The van der Waals surface area contributed by atoms with Crippen molar-refractivity contribution in [1.82, 2.24) is 0 Å². The molecule has 0 aromatic heterocycles. The Morgan fingerprint density at radius 1 is 1.08 bits per heavy atom. The minimum absolute atomic E-state index is 0.442. The zero-order chi connectivity index (χ0) is 10.3. The molecule has 0 radical (unpaired) electrons. The van der Waals surface area contributed by atoms with Gasteiger partial charge in [-0.15, -0.1) is 0 Å². The van der Waals surface area contributed by atoms with E-state index >= 15 is 0 Å². The number of hydrogen-bond acceptors (Lipinski definition) is 3. The molecule has 2 unspecified atom stereocenters. The van der Waals surface area contributed by atoms with Gasteiger partial charge in [-0.2, -0.15) is 0 Å². The quantitative estimate of drug-likeness (QED) is 0.679. The predicted molar refractivity (Wildman–Crippen MR) is 47.0 cm³/mol. The van der Waals surface area contributed by atoms with Crippen LogP contribution in [-0.4, -0.2) is 22.1 Å². The van der Waals surface area contributed by atoms with Gasteiger partial charge in [0, 0.05) is 0 Å². The molecule has 0 heterocycles. The first-order valence-electron chi connectivity index (χ1n) is 2.98. The van der Waals surface area contributed by atoms with E-state index in [1.807, 2.05) is 0 Å². The van der Waals surface area contributed by atoms with Crippen LogP contribution in [0.25, 0.3) is 0 Å². The third-order valence-corrected chi connectivity index (χ3v) is 1.62. The highest BCUT2D eigenvalue weighted by Gasteiger charge is 1.93. The van der Waals surface area contributed by atoms with Crippen molar-refractivity contribution in [2.24, 2.45) is 0 Å². The van der Waals surface area contributed by atoms with Crippen LogP contribution in [0.3, 0.4) is 0 Å². The Morgan fingerprint density at radius 2 is 1.46 bits per heavy atom. The highest BCUT2D eigenvalue weighted by molar-refractivity contribution is 7.79. The summed E-state index contributed by atoms with van der Waals surface area (Å²) < 4.78 is 42.9. The van der Waals surface area contributed by atoms with Crippen molar-refractivity contribution in [2.45, 2.75) is 4.90 Å². The van der Waals surface area contributed by atoms with Gasteiger partial charge in [-0.05, 0) is 12.1 Å². The molecule has 1 aromatic rings. The molecule has 0 saturated heterocycles. The molecular formula is C6H7O5S2-. The van der Waals surface area contributed by atoms with Crippen LogP contribution in [0, 0.1) is 0 Å². The molecule has 0 fully saturated rings. The van der Waals surface area contributed by atoms with Crippen LogP contribution in [0.15, 0.2) is 35.2 Å². The molecule has 0 aliphatic rings. The Kier molecular flexibility index (Phi) is 6.55. The molecule has 1 rings (SSSR count). The third-order valence-electron chi connectivity index (χ3n) is 0.945. The van der Waals surface area contributed by atoms with E-state index in [9.17, 15) is 4.21 Å². The van der Waals surface area contributed by atoms with Crippen molar-refractivity contribution in [2.75, 3.05) is 0 Å². The van der Waals surface area contributed by atoms with Crippen LogP contribution >= 0.6 is 0 Å². The minimum Gasteiger partial charge on any atom is -0.750 e. The van der Waals surface area contributed by atoms with Gasteiger partial charge in [0.2, 0.25) is 0 Å². The molecule has 2 N–H and O–H groups in total. The topological polar surface area (TPSA) is 97.7 Å². The van der Waals surface area contributed by atoms with Gasteiger partial charge < -0.3 is 13.7 Å². The lowest BCUT2D eigenvalue weighted by atomic mass is 10.4. The van der Waals surface area contributed by atoms with Gasteiger partial charge >= 0.3 is 0 Å². The zero-order valence-electron chi connectivity index (χ0n) is 6.32. The average Bonchev–Trinajstić information content (AvgIpc) is 2.05. The summed E-state index contributed by atoms with van der Waals surface area (Å²) in [6, 6.07) is 8.47. The van der Waals surface area contributed by atoms with E-state index in [1.165, 1.54) is 0 Å². The lowest BCUT2D eigenvalue weighted by molar-refractivity contribution is 0.436. The normalized spacial score (nSPS) is 13.8. The molecule has 2 atom stereocenters. The lowest BCUT2D eigenvalue weighted by Gasteiger charge is -1.89. The summed E-state index contributed by atoms with van der Waals surface area (Å²) in [5.74, 6) is 0. The van der Waals surface area contributed by atoms with Gasteiger partial charge in [0.05, 0.1) is 16.3 Å². The third kappa shape index (κ3) is 7.75. The van der Waals surface area contributed by atoms with Crippen LogP contribution < -0.4 is 0 Å². The molecule has 0 bridgehead atoms. The first-order chi connectivity index (χ1) is 6.04. The molecule has 0 aliphatic heterocycles. The maximum atomic E-state index is 10.3. The Labute approximate surface area is 80.2 Å². The minimum atomic E-state index is -2.86. The van der Waals surface area contributed by atoms with Gasteiger partial charge in [0.1, 0.15) is 0 Å². The lowest BCUT2D eigenvalue weighted by Crippen LogP contribution is -1.84. The summed E-state index contributed by atoms with van der Waals surface area (Å²) in [6.07, 6.45) is 0. The second-order valence-corrected chi connectivity index (χ2v) is 3.18. The smallest absolute Gasteiger partial charge is 0.186 e. The van der Waals surface area contributed by atoms with E-state index in [0.29, 0.717) is 4.90 Å². The first-order valence-corrected chi connectivity index (χ1v) is 5.12. The Hall–Kier alpha value is -0.600. The average molecular weight is 223 g/mol. The molecule has 7 heteroatoms. The molecule has 0 aliphatic carbocycles. The fraction of sp³-hybridized carbons (Fsp3) is 0. The molecule has 0 saturated carbocycles. The number of hydrogen-bond donors (Lipinski definition) is 2. The van der Waals surface area contributed by atoms with Crippen LogP contribution in [-0.2, 0) is 22.4 Å². The molecule has 1 aromatic carbocycles. The maximum Gasteiger partial charge on any atom is 0.186 e. The fourth-order valence-corrected chi connectivity index (χ4v) is 0.927. The highest BCUT2D eigenvalue weighted by Crippen LogP contribution is 2.00. The molecule has 5 nitrogen and oxygen atoms in total. The van der Waals surface area contributed by atoms with E-state index in [2.05, 4.69) is 0 Å². The monoisotopic (exact) mass is 223 g/mol. The van der Waals surface area contributed by atoms with E-state index in [1.54, 1.807) is 30.3 Å². The Morgan fingerprint density at radius 3 is 1.69 bits per heavy atom. The first kappa shape index (κ1) is 12.4. The van der Waals surface area contributed by atoms with E-state index < -0.39 is 22.4 Å². The molecule has 0 amide bonds. The van der Waals surface area contributed by atoms with Crippen molar-refractivity contribution in [1.29, 1.82) is 0 Å². The van der Waals surface area contributed by atoms with Crippen molar-refractivity contribution in [3.63, 3.8) is 0 Å². The van der Waals surface area contributed by atoms with E-state index in [4.69, 9.17) is 17.9 Å². The molecule has 13 heavy (non-hydrogen) atoms. The van der Waals surface area contributed by atoms with Crippen LogP contribution in [0.2, 0.25) is 0 Å². The van der Waals surface area contributed by atoms with Crippen LogP contribution in [0.1, 0.15) is 0 Å². The van der Waals surface area contributed by atoms with Crippen LogP contribution in [0.4, 0.5) is 0 Å². The summed E-state index contributed by atoms with van der Waals surface area (Å²) in [7, 11) is 0. The highest BCUT2D eigenvalue weighted by atomic mass is 32.2. The van der Waals surface area contributed by atoms with Crippen LogP contribution in [0.5, 0.6) is 0 Å². The maximum absolute atomic E-state index is 10.3. The standard InChI is InChI=1S/C6H6O2S.H2O3S/c7-9(8)6-4-2-1-3-5-6;1-4(2)3/h1-5H,(H,7,8);(H2,1,2,3)/p-1. The summed E-state index contributed by atoms with van der Waals surface area (Å²) >= 11 is -4.69. The molecule has 74 valence electrons. The second kappa shape index (κ2) is 6.87. The summed E-state index contributed by atoms with van der Waals surface area (Å²) in [4.78, 5) is 0.442. The molecular weight excluding hydrogens is 216 g/mol. The van der Waals surface area contributed by atoms with Gasteiger partial charge in [-0.1, -0.05) is 18.2 Å². The van der Waals surface area contributed by atoms with Gasteiger partial charge in [-0.3, -0.25) is 0 Å². The fourth-order valence-electron chi connectivity index (χ4n) is 0.537. The Bertz CT molecular complexity index is 282. The SMILES string of the molecule is O=S(O)c1ccccc1.O=S([O-])O. The summed E-state index contributed by atoms with van der Waals surface area (Å²) in [5, 5.41) is 0. The van der Waals surface area contributed by atoms with Crippen molar-refractivity contribution < 1.29 is 22.1 Å². The largest absolute Gasteiger partial charge is 0.750 e. The summed E-state index contributed by atoms with van der Waals surface area (Å²) in [5.41, 5.74) is 0.